The Labute approximate surface area is 238 Å². The van der Waals surface area contributed by atoms with Gasteiger partial charge in [0.15, 0.2) is 0 Å². The van der Waals surface area contributed by atoms with Gasteiger partial charge in [0, 0.05) is 51.1 Å². The lowest BCUT2D eigenvalue weighted by molar-refractivity contribution is -0.171. The van der Waals surface area contributed by atoms with Crippen LogP contribution in [0.5, 0.6) is 0 Å². The fraction of sp³-hybridized carbons (Fsp3) is 0.433. The largest absolute Gasteiger partial charge is 0.464 e. The fourth-order valence-electron chi connectivity index (χ4n) is 4.74. The van der Waals surface area contributed by atoms with Crippen molar-refractivity contribution in [3.05, 3.63) is 69.9 Å². The van der Waals surface area contributed by atoms with E-state index in [1.807, 2.05) is 30.3 Å². The molecule has 10 heteroatoms. The molecule has 3 unspecified atom stereocenters. The van der Waals surface area contributed by atoms with Crippen molar-refractivity contribution in [2.24, 2.45) is 0 Å². The molecule has 1 N–H and O–H groups in total. The summed E-state index contributed by atoms with van der Waals surface area (Å²) < 4.78 is 27.5. The van der Waals surface area contributed by atoms with Crippen LogP contribution in [0.4, 0.5) is 0 Å². The van der Waals surface area contributed by atoms with Crippen LogP contribution in [0.15, 0.2) is 47.1 Å². The number of benzene rings is 2. The van der Waals surface area contributed by atoms with Gasteiger partial charge >= 0.3 is 17.9 Å². The molecule has 0 aliphatic heterocycles. The van der Waals surface area contributed by atoms with Crippen LogP contribution in [0.3, 0.4) is 0 Å². The van der Waals surface area contributed by atoms with E-state index >= 15 is 0 Å². The van der Waals surface area contributed by atoms with E-state index in [1.165, 1.54) is 27.9 Å². The van der Waals surface area contributed by atoms with E-state index in [4.69, 9.17) is 35.0 Å². The first-order chi connectivity index (χ1) is 19.0. The van der Waals surface area contributed by atoms with Gasteiger partial charge in [0.25, 0.3) is 0 Å². The first kappa shape index (κ1) is 31.1. The van der Waals surface area contributed by atoms with Gasteiger partial charge in [-0.15, -0.1) is 0 Å². The second-order valence-corrected chi connectivity index (χ2v) is 10.1. The van der Waals surface area contributed by atoms with Gasteiger partial charge in [0.05, 0.1) is 19.0 Å². The number of carbonyl (C=O) groups is 3. The van der Waals surface area contributed by atoms with Crippen LogP contribution >= 0.6 is 11.6 Å². The molecule has 0 saturated heterocycles. The van der Waals surface area contributed by atoms with Gasteiger partial charge in [-0.1, -0.05) is 23.7 Å². The molecule has 0 aliphatic rings. The van der Waals surface area contributed by atoms with Gasteiger partial charge in [-0.25, -0.2) is 0 Å². The van der Waals surface area contributed by atoms with E-state index in [0.717, 1.165) is 22.1 Å². The van der Waals surface area contributed by atoms with Crippen molar-refractivity contribution >= 4 is 40.5 Å². The van der Waals surface area contributed by atoms with Gasteiger partial charge in [0.2, 0.25) is 0 Å². The van der Waals surface area contributed by atoms with E-state index < -0.39 is 42.3 Å². The molecule has 3 aromatic rings. The van der Waals surface area contributed by atoms with E-state index in [9.17, 15) is 19.5 Å². The number of rotatable bonds is 13. The van der Waals surface area contributed by atoms with E-state index in [0.29, 0.717) is 22.6 Å². The maximum Gasteiger partial charge on any atom is 0.303 e. The molecule has 216 valence electrons. The highest BCUT2D eigenvalue weighted by Crippen LogP contribution is 2.29. The summed E-state index contributed by atoms with van der Waals surface area (Å²) in [5, 5.41) is 11.6. The van der Waals surface area contributed by atoms with Crippen LogP contribution < -0.4 is 0 Å². The zero-order valence-corrected chi connectivity index (χ0v) is 24.0. The third-order valence-corrected chi connectivity index (χ3v) is 6.92. The third kappa shape index (κ3) is 8.55. The highest BCUT2D eigenvalue weighted by molar-refractivity contribution is 6.31. The average molecular weight is 575 g/mol. The Hall–Kier alpha value is -3.40. The molecule has 2 aromatic carbocycles. The van der Waals surface area contributed by atoms with Crippen molar-refractivity contribution in [3.8, 4) is 0 Å². The molecule has 0 amide bonds. The predicted octanol–water partition coefficient (Wildman–Crippen LogP) is 4.93. The zero-order valence-electron chi connectivity index (χ0n) is 23.3. The summed E-state index contributed by atoms with van der Waals surface area (Å²) in [7, 11) is 1.45. The lowest BCUT2D eigenvalue weighted by atomic mass is 9.92. The van der Waals surface area contributed by atoms with Gasteiger partial charge in [0.1, 0.15) is 23.9 Å². The molecule has 1 heterocycles. The van der Waals surface area contributed by atoms with E-state index in [-0.39, 0.29) is 19.4 Å². The first-order valence-corrected chi connectivity index (χ1v) is 13.3. The number of halogens is 1. The van der Waals surface area contributed by atoms with Gasteiger partial charge in [-0.3, -0.25) is 14.4 Å². The summed E-state index contributed by atoms with van der Waals surface area (Å²) in [6.07, 6.45) is -0.813. The number of fused-ring (bicyclic) bond motifs is 1. The van der Waals surface area contributed by atoms with E-state index in [1.54, 1.807) is 19.3 Å². The maximum atomic E-state index is 12.1. The van der Waals surface area contributed by atoms with Crippen molar-refractivity contribution in [3.63, 3.8) is 0 Å². The standard InChI is InChI=1S/C30H35ClO9/c1-17(38-18(2)33)28(36-5)15-30(40-20(4)35)29(39-19(3)34)14-23-12-24(26(31)13-25(23)16-32)11-21-6-7-27-22(10-21)8-9-37-27/h6-10,12-13,17,28-30,32H,11,14-16H2,1-5H3/t17?,28?,29-,30?/m0/s1. The smallest absolute Gasteiger partial charge is 0.303 e. The Bertz CT molecular complexity index is 1330. The number of aliphatic hydroxyl groups excluding tert-OH is 1. The van der Waals surface area contributed by atoms with Crippen LogP contribution in [-0.4, -0.2) is 54.5 Å². The number of methoxy groups -OCH3 is 1. The molecule has 0 saturated carbocycles. The van der Waals surface area contributed by atoms with Crippen molar-refractivity contribution in [2.75, 3.05) is 7.11 Å². The van der Waals surface area contributed by atoms with Crippen LogP contribution in [0, 0.1) is 0 Å². The van der Waals surface area contributed by atoms with Crippen molar-refractivity contribution in [1.29, 1.82) is 0 Å². The number of esters is 3. The minimum Gasteiger partial charge on any atom is -0.464 e. The predicted molar refractivity (Wildman–Crippen MR) is 148 cm³/mol. The Morgan fingerprint density at radius 2 is 1.55 bits per heavy atom. The summed E-state index contributed by atoms with van der Waals surface area (Å²) in [4.78, 5) is 35.7. The number of hydrogen-bond acceptors (Lipinski definition) is 9. The molecule has 4 atom stereocenters. The van der Waals surface area contributed by atoms with Crippen LogP contribution in [0.25, 0.3) is 11.0 Å². The number of carbonyl (C=O) groups excluding carboxylic acids is 3. The van der Waals surface area contributed by atoms with E-state index in [2.05, 4.69) is 0 Å². The van der Waals surface area contributed by atoms with Crippen LogP contribution in [-0.2, 0) is 52.8 Å². The van der Waals surface area contributed by atoms with Crippen molar-refractivity contribution < 1.29 is 42.9 Å². The Kier molecular flexibility index (Phi) is 11.1. The SMILES string of the molecule is COC(CC(OC(C)=O)[C@H](Cc1cc(Cc2ccc3occc3c2)c(Cl)cc1CO)OC(C)=O)C(C)OC(C)=O. The molecule has 3 rings (SSSR count). The molecule has 0 radical (unpaired) electrons. The number of furan rings is 1. The molecule has 9 nitrogen and oxygen atoms in total. The number of aliphatic hydroxyl groups is 1. The summed E-state index contributed by atoms with van der Waals surface area (Å²) in [5.41, 5.74) is 3.83. The molecule has 0 fully saturated rings. The quantitative estimate of drug-likeness (QED) is 0.223. The monoisotopic (exact) mass is 574 g/mol. The first-order valence-electron chi connectivity index (χ1n) is 12.9. The third-order valence-electron chi connectivity index (χ3n) is 6.56. The van der Waals surface area contributed by atoms with Gasteiger partial charge < -0.3 is 28.5 Å². The minimum absolute atomic E-state index is 0.0854. The molecule has 0 bridgehead atoms. The lowest BCUT2D eigenvalue weighted by Crippen LogP contribution is -2.42. The van der Waals surface area contributed by atoms with Crippen LogP contribution in [0.2, 0.25) is 5.02 Å². The molecular formula is C30H35ClO9. The molecule has 0 aliphatic carbocycles. The Morgan fingerprint density at radius 3 is 2.17 bits per heavy atom. The topological polar surface area (TPSA) is 122 Å². The molecule has 1 aromatic heterocycles. The summed E-state index contributed by atoms with van der Waals surface area (Å²) >= 11 is 6.60. The lowest BCUT2D eigenvalue weighted by Gasteiger charge is -2.31. The zero-order chi connectivity index (χ0) is 29.4. The number of hydrogen-bond donors (Lipinski definition) is 1. The van der Waals surface area contributed by atoms with Gasteiger partial charge in [-0.05, 0) is 59.9 Å². The van der Waals surface area contributed by atoms with Crippen molar-refractivity contribution in [1.82, 2.24) is 0 Å². The second-order valence-electron chi connectivity index (χ2n) is 9.66. The second kappa shape index (κ2) is 14.3. The highest BCUT2D eigenvalue weighted by atomic mass is 35.5. The van der Waals surface area contributed by atoms with Gasteiger partial charge in [-0.2, -0.15) is 0 Å². The molecule has 40 heavy (non-hydrogen) atoms. The maximum absolute atomic E-state index is 12.1. The Morgan fingerprint density at radius 1 is 0.875 bits per heavy atom. The summed E-state index contributed by atoms with van der Waals surface area (Å²) in [5.74, 6) is -1.63. The molecular weight excluding hydrogens is 540 g/mol. The average Bonchev–Trinajstić information content (AvgIpc) is 3.34. The fourth-order valence-corrected chi connectivity index (χ4v) is 5.00. The van der Waals surface area contributed by atoms with Crippen molar-refractivity contribution in [2.45, 2.75) is 78.0 Å². The highest BCUT2D eigenvalue weighted by Gasteiger charge is 2.34. The Balaban J connectivity index is 1.94. The summed E-state index contributed by atoms with van der Waals surface area (Å²) in [6.45, 7) is 5.17. The minimum atomic E-state index is -0.932. The normalized spacial score (nSPS) is 14.3. The van der Waals surface area contributed by atoms with Crippen LogP contribution in [0.1, 0.15) is 56.4 Å². The summed E-state index contributed by atoms with van der Waals surface area (Å²) in [6, 6.07) is 11.3. The molecule has 0 spiro atoms. The number of ether oxygens (including phenoxy) is 4.